The summed E-state index contributed by atoms with van der Waals surface area (Å²) in [6.07, 6.45) is 27.4. The van der Waals surface area contributed by atoms with Gasteiger partial charge in [0.25, 0.3) is 0 Å². The molecule has 0 saturated heterocycles. The van der Waals surface area contributed by atoms with Gasteiger partial charge in [0.15, 0.2) is 0 Å². The minimum absolute atomic E-state index is 0.183. The summed E-state index contributed by atoms with van der Waals surface area (Å²) in [5.41, 5.74) is 16.8. The van der Waals surface area contributed by atoms with Gasteiger partial charge >= 0.3 is 0 Å². The zero-order valence-electron chi connectivity index (χ0n) is 34.6. The Kier molecular flexibility index (Phi) is 12.6. The molecule has 5 heteroatoms. The van der Waals surface area contributed by atoms with Crippen molar-refractivity contribution in [1.82, 2.24) is 0 Å². The van der Waals surface area contributed by atoms with E-state index in [2.05, 4.69) is 57.3 Å². The molecule has 5 fully saturated rings. The van der Waals surface area contributed by atoms with Crippen LogP contribution in [-0.4, -0.2) is 12.0 Å². The number of hydrogen-bond donors (Lipinski definition) is 3. The number of nitrogens with two attached hydrogens (primary N) is 2. The SMILES string of the molecule is CCCCCCCC1CCC(c2ccc(NC(=O)CC[C@@H](C)[C@H]3CC[C@H]4[C@@H]5CCC6CC(Oc7ccc(N)cc7N)CC[C@]6(C)[C@H]5CC[C@]34C)cc2)CC1. The van der Waals surface area contributed by atoms with Crippen LogP contribution < -0.4 is 21.5 Å². The van der Waals surface area contributed by atoms with Gasteiger partial charge in [-0.25, -0.2) is 0 Å². The smallest absolute Gasteiger partial charge is 0.224 e. The van der Waals surface area contributed by atoms with Crippen molar-refractivity contribution < 1.29 is 9.53 Å². The van der Waals surface area contributed by atoms with Gasteiger partial charge in [-0.15, -0.1) is 0 Å². The van der Waals surface area contributed by atoms with Gasteiger partial charge in [0.05, 0.1) is 11.8 Å². The summed E-state index contributed by atoms with van der Waals surface area (Å²) in [5.74, 6) is 7.17. The van der Waals surface area contributed by atoms with E-state index in [9.17, 15) is 4.79 Å². The Morgan fingerprint density at radius 2 is 1.57 bits per heavy atom. The van der Waals surface area contributed by atoms with Crippen molar-refractivity contribution in [1.29, 1.82) is 0 Å². The van der Waals surface area contributed by atoms with Crippen molar-refractivity contribution in [2.75, 3.05) is 16.8 Å². The molecule has 5 N–H and O–H groups in total. The molecule has 5 aliphatic carbocycles. The van der Waals surface area contributed by atoms with E-state index in [4.69, 9.17) is 16.2 Å². The van der Waals surface area contributed by atoms with E-state index < -0.39 is 0 Å². The summed E-state index contributed by atoms with van der Waals surface area (Å²) in [6.45, 7) is 10.1. The minimum atomic E-state index is 0.183. The molecule has 0 bridgehead atoms. The molecule has 54 heavy (non-hydrogen) atoms. The van der Waals surface area contributed by atoms with Gasteiger partial charge in [-0.3, -0.25) is 4.79 Å². The second kappa shape index (κ2) is 17.2. The normalized spacial score (nSPS) is 35.3. The Morgan fingerprint density at radius 1 is 0.833 bits per heavy atom. The summed E-state index contributed by atoms with van der Waals surface area (Å²) in [6, 6.07) is 14.5. The number of anilines is 3. The van der Waals surface area contributed by atoms with Crippen molar-refractivity contribution in [3.63, 3.8) is 0 Å². The first-order chi connectivity index (χ1) is 26.1. The summed E-state index contributed by atoms with van der Waals surface area (Å²) < 4.78 is 6.51. The van der Waals surface area contributed by atoms with E-state index in [1.165, 1.54) is 115 Å². The molecule has 0 heterocycles. The number of fused-ring (bicyclic) bond motifs is 5. The molecule has 0 aromatic heterocycles. The summed E-state index contributed by atoms with van der Waals surface area (Å²) in [5, 5.41) is 3.26. The first-order valence-electron chi connectivity index (χ1n) is 22.8. The van der Waals surface area contributed by atoms with E-state index in [-0.39, 0.29) is 12.0 Å². The fourth-order valence-electron chi connectivity index (χ4n) is 13.6. The van der Waals surface area contributed by atoms with Crippen LogP contribution in [0.5, 0.6) is 5.75 Å². The van der Waals surface area contributed by atoms with Crippen molar-refractivity contribution >= 4 is 23.0 Å². The maximum Gasteiger partial charge on any atom is 0.224 e. The highest BCUT2D eigenvalue weighted by Crippen LogP contribution is 2.68. The van der Waals surface area contributed by atoms with E-state index in [0.29, 0.717) is 40.5 Å². The van der Waals surface area contributed by atoms with E-state index in [1.54, 1.807) is 0 Å². The second-order valence-corrected chi connectivity index (χ2v) is 19.8. The fourth-order valence-corrected chi connectivity index (χ4v) is 13.6. The Morgan fingerprint density at radius 3 is 2.33 bits per heavy atom. The molecule has 2 unspecified atom stereocenters. The molecule has 0 aliphatic heterocycles. The third-order valence-electron chi connectivity index (χ3n) is 16.8. The molecule has 2 aromatic rings. The zero-order chi connectivity index (χ0) is 37.9. The molecule has 5 nitrogen and oxygen atoms in total. The number of rotatable bonds is 14. The fraction of sp³-hybridized carbons (Fsp3) is 0.735. The van der Waals surface area contributed by atoms with E-state index >= 15 is 0 Å². The molecule has 5 saturated carbocycles. The van der Waals surface area contributed by atoms with Crippen LogP contribution >= 0.6 is 0 Å². The molecule has 9 atom stereocenters. The number of carbonyl (C=O) groups excluding carboxylic acids is 1. The van der Waals surface area contributed by atoms with Gasteiger partial charge in [0.2, 0.25) is 5.91 Å². The molecule has 0 radical (unpaired) electrons. The maximum atomic E-state index is 13.2. The lowest BCUT2D eigenvalue weighted by molar-refractivity contribution is -0.127. The van der Waals surface area contributed by atoms with Crippen molar-refractivity contribution in [2.24, 2.45) is 52.3 Å². The van der Waals surface area contributed by atoms with Crippen LogP contribution in [0.1, 0.15) is 174 Å². The molecular formula is C49H75N3O2. The lowest BCUT2D eigenvalue weighted by atomic mass is 9.44. The molecule has 298 valence electrons. The largest absolute Gasteiger partial charge is 0.488 e. The predicted octanol–water partition coefficient (Wildman–Crippen LogP) is 12.9. The van der Waals surface area contributed by atoms with Crippen LogP contribution in [0.4, 0.5) is 17.1 Å². The second-order valence-electron chi connectivity index (χ2n) is 19.8. The van der Waals surface area contributed by atoms with Crippen molar-refractivity contribution in [3.8, 4) is 5.75 Å². The van der Waals surface area contributed by atoms with Crippen molar-refractivity contribution in [2.45, 2.75) is 175 Å². The zero-order valence-corrected chi connectivity index (χ0v) is 34.6. The summed E-state index contributed by atoms with van der Waals surface area (Å²) in [4.78, 5) is 13.2. The summed E-state index contributed by atoms with van der Waals surface area (Å²) in [7, 11) is 0. The molecule has 7 rings (SSSR count). The molecular weight excluding hydrogens is 663 g/mol. The van der Waals surface area contributed by atoms with Gasteiger partial charge in [-0.1, -0.05) is 78.4 Å². The highest BCUT2D eigenvalue weighted by atomic mass is 16.5. The third kappa shape index (κ3) is 8.51. The highest BCUT2D eigenvalue weighted by Gasteiger charge is 2.60. The standard InChI is InChI=1S/C49H75N3O2/c1-5-6-7-8-9-10-34-12-14-35(15-13-34)36-16-20-39(21-17-36)52-47(53)26-11-33(2)42-23-24-43-41-22-18-37-31-40(54-46-25-19-38(50)32-45(46)51)27-29-48(37,3)44(41)28-30-49(42,43)4/h16-17,19-21,25,32-35,37,40-44H,5-15,18,22-24,26-31,50-51H2,1-4H3,(H,52,53)/t33-,34?,35?,37?,40?,41+,42-,43+,44+,48+,49-/m1/s1. The van der Waals surface area contributed by atoms with E-state index in [1.807, 2.05) is 18.2 Å². The maximum absolute atomic E-state index is 13.2. The number of ether oxygens (including phenoxy) is 1. The monoisotopic (exact) mass is 738 g/mol. The molecule has 5 aliphatic rings. The average Bonchev–Trinajstić information content (AvgIpc) is 3.53. The first-order valence-corrected chi connectivity index (χ1v) is 22.8. The third-order valence-corrected chi connectivity index (χ3v) is 16.8. The number of amides is 1. The molecule has 1 amide bonds. The van der Waals surface area contributed by atoms with Crippen LogP contribution in [0.3, 0.4) is 0 Å². The quantitative estimate of drug-likeness (QED) is 0.133. The van der Waals surface area contributed by atoms with Gasteiger partial charge in [-0.2, -0.15) is 0 Å². The minimum Gasteiger partial charge on any atom is -0.488 e. The molecule has 2 aromatic carbocycles. The van der Waals surface area contributed by atoms with Crippen LogP contribution in [0.2, 0.25) is 0 Å². The predicted molar refractivity (Wildman–Crippen MR) is 226 cm³/mol. The number of hydrogen-bond acceptors (Lipinski definition) is 4. The lowest BCUT2D eigenvalue weighted by Gasteiger charge is -2.61. The van der Waals surface area contributed by atoms with Crippen molar-refractivity contribution in [3.05, 3.63) is 48.0 Å². The highest BCUT2D eigenvalue weighted by molar-refractivity contribution is 5.90. The number of nitrogen functional groups attached to an aromatic ring is 2. The Hall–Kier alpha value is -2.69. The van der Waals surface area contributed by atoms with Crippen LogP contribution in [0, 0.1) is 52.3 Å². The van der Waals surface area contributed by atoms with Crippen LogP contribution in [0.25, 0.3) is 0 Å². The Balaban J connectivity index is 0.858. The Bertz CT molecular complexity index is 1530. The number of carbonyl (C=O) groups is 1. The summed E-state index contributed by atoms with van der Waals surface area (Å²) >= 11 is 0. The molecule has 0 spiro atoms. The van der Waals surface area contributed by atoms with Gasteiger partial charge in [0.1, 0.15) is 5.75 Å². The van der Waals surface area contributed by atoms with Gasteiger partial charge in [-0.05, 0) is 184 Å². The number of nitrogens with one attached hydrogen (secondary N) is 1. The average molecular weight is 738 g/mol. The van der Waals surface area contributed by atoms with Gasteiger partial charge < -0.3 is 21.5 Å². The Labute approximate surface area is 328 Å². The van der Waals surface area contributed by atoms with Crippen LogP contribution in [0.15, 0.2) is 42.5 Å². The lowest BCUT2D eigenvalue weighted by Crippen LogP contribution is -2.54. The van der Waals surface area contributed by atoms with Gasteiger partial charge in [0, 0.05) is 17.8 Å². The number of unbranched alkanes of at least 4 members (excludes halogenated alkanes) is 4. The topological polar surface area (TPSA) is 90.4 Å². The number of benzene rings is 2. The first kappa shape index (κ1) is 39.5. The van der Waals surface area contributed by atoms with Crippen LogP contribution in [-0.2, 0) is 4.79 Å². The van der Waals surface area contributed by atoms with E-state index in [0.717, 1.165) is 66.2 Å².